The SMILES string of the molecule is COC(=O)C#CC1CC2CCC1C2. The van der Waals surface area contributed by atoms with Crippen LogP contribution in [0.1, 0.15) is 25.7 Å². The van der Waals surface area contributed by atoms with Crippen LogP contribution in [0, 0.1) is 29.6 Å². The molecule has 0 amide bonds. The molecule has 0 saturated heterocycles. The van der Waals surface area contributed by atoms with Gasteiger partial charge < -0.3 is 4.74 Å². The molecule has 2 bridgehead atoms. The molecule has 3 atom stereocenters. The Morgan fingerprint density at radius 3 is 2.77 bits per heavy atom. The molecule has 0 heterocycles. The summed E-state index contributed by atoms with van der Waals surface area (Å²) in [6.45, 7) is 0. The lowest BCUT2D eigenvalue weighted by molar-refractivity contribution is -0.133. The molecule has 0 radical (unpaired) electrons. The lowest BCUT2D eigenvalue weighted by Crippen LogP contribution is -2.08. The number of hydrogen-bond donors (Lipinski definition) is 0. The van der Waals surface area contributed by atoms with E-state index in [0.29, 0.717) is 5.92 Å². The average molecular weight is 178 g/mol. The minimum atomic E-state index is -0.400. The van der Waals surface area contributed by atoms with Crippen molar-refractivity contribution < 1.29 is 9.53 Å². The van der Waals surface area contributed by atoms with Gasteiger partial charge in [-0.1, -0.05) is 12.3 Å². The minimum absolute atomic E-state index is 0.400. The van der Waals surface area contributed by atoms with Gasteiger partial charge in [0.05, 0.1) is 7.11 Å². The lowest BCUT2D eigenvalue weighted by atomic mass is 9.89. The molecule has 2 fully saturated rings. The smallest absolute Gasteiger partial charge is 0.384 e. The molecule has 3 unspecified atom stereocenters. The van der Waals surface area contributed by atoms with E-state index in [1.165, 1.54) is 32.8 Å². The van der Waals surface area contributed by atoms with Crippen LogP contribution in [0.3, 0.4) is 0 Å². The van der Waals surface area contributed by atoms with Gasteiger partial charge in [-0.15, -0.1) is 0 Å². The number of carbonyl (C=O) groups excluding carboxylic acids is 1. The average Bonchev–Trinajstić information content (AvgIpc) is 2.74. The summed E-state index contributed by atoms with van der Waals surface area (Å²) < 4.78 is 4.48. The summed E-state index contributed by atoms with van der Waals surface area (Å²) in [6.07, 6.45) is 5.22. The topological polar surface area (TPSA) is 26.3 Å². The van der Waals surface area contributed by atoms with Gasteiger partial charge in [-0.3, -0.25) is 0 Å². The molecule has 0 spiro atoms. The Balaban J connectivity index is 1.95. The zero-order chi connectivity index (χ0) is 9.26. The molecule has 2 aliphatic carbocycles. The summed E-state index contributed by atoms with van der Waals surface area (Å²) in [5, 5.41) is 0. The molecule has 0 aromatic rings. The normalized spacial score (nSPS) is 35.3. The van der Waals surface area contributed by atoms with Gasteiger partial charge in [0.2, 0.25) is 0 Å². The first-order valence-electron chi connectivity index (χ1n) is 4.89. The predicted molar refractivity (Wildman–Crippen MR) is 48.7 cm³/mol. The zero-order valence-electron chi connectivity index (χ0n) is 7.88. The monoisotopic (exact) mass is 178 g/mol. The van der Waals surface area contributed by atoms with Crippen molar-refractivity contribution in [1.29, 1.82) is 0 Å². The van der Waals surface area contributed by atoms with E-state index < -0.39 is 5.97 Å². The van der Waals surface area contributed by atoms with Gasteiger partial charge in [0.1, 0.15) is 0 Å². The largest absolute Gasteiger partial charge is 0.459 e. The highest BCUT2D eigenvalue weighted by Crippen LogP contribution is 2.47. The Morgan fingerprint density at radius 2 is 2.23 bits per heavy atom. The van der Waals surface area contributed by atoms with Crippen molar-refractivity contribution in [2.24, 2.45) is 17.8 Å². The van der Waals surface area contributed by atoms with Crippen LogP contribution in [0.5, 0.6) is 0 Å². The van der Waals surface area contributed by atoms with Crippen LogP contribution < -0.4 is 0 Å². The van der Waals surface area contributed by atoms with E-state index in [2.05, 4.69) is 16.6 Å². The number of ether oxygens (including phenoxy) is 1. The van der Waals surface area contributed by atoms with Gasteiger partial charge in [0, 0.05) is 11.8 Å². The molecule has 2 saturated carbocycles. The van der Waals surface area contributed by atoms with Crippen molar-refractivity contribution in [3.05, 3.63) is 0 Å². The van der Waals surface area contributed by atoms with Crippen molar-refractivity contribution in [3.8, 4) is 11.8 Å². The molecular formula is C11H14O2. The molecule has 0 aromatic carbocycles. The first kappa shape index (κ1) is 8.62. The molecule has 2 aliphatic rings. The van der Waals surface area contributed by atoms with Crippen molar-refractivity contribution in [3.63, 3.8) is 0 Å². The van der Waals surface area contributed by atoms with Gasteiger partial charge in [0.25, 0.3) is 0 Å². The van der Waals surface area contributed by atoms with E-state index in [1.54, 1.807) is 0 Å². The fraction of sp³-hybridized carbons (Fsp3) is 0.727. The molecule has 13 heavy (non-hydrogen) atoms. The predicted octanol–water partition coefficient (Wildman–Crippen LogP) is 1.60. The van der Waals surface area contributed by atoms with Crippen LogP contribution >= 0.6 is 0 Å². The van der Waals surface area contributed by atoms with E-state index in [1.807, 2.05) is 0 Å². The van der Waals surface area contributed by atoms with Gasteiger partial charge in [-0.25, -0.2) is 4.79 Å². The van der Waals surface area contributed by atoms with Gasteiger partial charge in [0.15, 0.2) is 0 Å². The quantitative estimate of drug-likeness (QED) is 0.320. The maximum atomic E-state index is 10.8. The van der Waals surface area contributed by atoms with Gasteiger partial charge in [-0.2, -0.15) is 0 Å². The second-order valence-electron chi connectivity index (χ2n) is 4.04. The molecule has 0 aliphatic heterocycles. The van der Waals surface area contributed by atoms with Crippen LogP contribution in [0.4, 0.5) is 0 Å². The first-order chi connectivity index (χ1) is 6.29. The first-order valence-corrected chi connectivity index (χ1v) is 4.89. The third-order valence-corrected chi connectivity index (χ3v) is 3.28. The summed E-state index contributed by atoms with van der Waals surface area (Å²) in [4.78, 5) is 10.8. The second kappa shape index (κ2) is 3.41. The summed E-state index contributed by atoms with van der Waals surface area (Å²) >= 11 is 0. The number of methoxy groups -OCH3 is 1. The fourth-order valence-electron chi connectivity index (χ4n) is 2.62. The van der Waals surface area contributed by atoms with Crippen molar-refractivity contribution in [2.75, 3.05) is 7.11 Å². The standard InChI is InChI=1S/C11H14O2/c1-13-11(12)5-4-10-7-8-2-3-9(10)6-8/h8-10H,2-3,6-7H2,1H3. The van der Waals surface area contributed by atoms with Crippen LogP contribution in [0.2, 0.25) is 0 Å². The third-order valence-electron chi connectivity index (χ3n) is 3.28. The fourth-order valence-corrected chi connectivity index (χ4v) is 2.62. The summed E-state index contributed by atoms with van der Waals surface area (Å²) in [7, 11) is 1.37. The molecule has 0 aromatic heterocycles. The Morgan fingerprint density at radius 1 is 1.38 bits per heavy atom. The van der Waals surface area contributed by atoms with Crippen molar-refractivity contribution in [2.45, 2.75) is 25.7 Å². The highest BCUT2D eigenvalue weighted by atomic mass is 16.5. The summed E-state index contributed by atoms with van der Waals surface area (Å²) in [5.41, 5.74) is 0. The maximum absolute atomic E-state index is 10.8. The number of fused-ring (bicyclic) bond motifs is 2. The van der Waals surface area contributed by atoms with E-state index in [9.17, 15) is 4.79 Å². The van der Waals surface area contributed by atoms with Gasteiger partial charge in [-0.05, 0) is 31.1 Å². The van der Waals surface area contributed by atoms with Crippen LogP contribution in [0.15, 0.2) is 0 Å². The van der Waals surface area contributed by atoms with E-state index in [4.69, 9.17) is 0 Å². The van der Waals surface area contributed by atoms with Crippen molar-refractivity contribution in [1.82, 2.24) is 0 Å². The number of esters is 1. The second-order valence-corrected chi connectivity index (χ2v) is 4.04. The zero-order valence-corrected chi connectivity index (χ0v) is 7.88. The molecule has 0 N–H and O–H groups in total. The Kier molecular flexibility index (Phi) is 2.26. The minimum Gasteiger partial charge on any atom is -0.459 e. The highest BCUT2D eigenvalue weighted by Gasteiger charge is 2.38. The van der Waals surface area contributed by atoms with E-state index in [0.717, 1.165) is 11.8 Å². The molecular weight excluding hydrogens is 164 g/mol. The van der Waals surface area contributed by atoms with E-state index >= 15 is 0 Å². The Labute approximate surface area is 78.7 Å². The van der Waals surface area contributed by atoms with Crippen LogP contribution in [-0.4, -0.2) is 13.1 Å². The molecule has 70 valence electrons. The third kappa shape index (κ3) is 1.70. The van der Waals surface area contributed by atoms with E-state index in [-0.39, 0.29) is 0 Å². The Bertz CT molecular complexity index is 272. The molecule has 2 rings (SSSR count). The maximum Gasteiger partial charge on any atom is 0.384 e. The van der Waals surface area contributed by atoms with Crippen molar-refractivity contribution >= 4 is 5.97 Å². The number of rotatable bonds is 0. The molecule has 2 nitrogen and oxygen atoms in total. The highest BCUT2D eigenvalue weighted by molar-refractivity contribution is 5.88. The number of hydrogen-bond acceptors (Lipinski definition) is 2. The van der Waals surface area contributed by atoms with Gasteiger partial charge >= 0.3 is 5.97 Å². The number of carbonyl (C=O) groups is 1. The molecule has 2 heteroatoms. The van der Waals surface area contributed by atoms with Crippen LogP contribution in [0.25, 0.3) is 0 Å². The summed E-state index contributed by atoms with van der Waals surface area (Å²) in [5.74, 6) is 7.31. The van der Waals surface area contributed by atoms with Crippen LogP contribution in [-0.2, 0) is 9.53 Å². The lowest BCUT2D eigenvalue weighted by Gasteiger charge is -2.14. The Hall–Kier alpha value is -0.970. The summed E-state index contributed by atoms with van der Waals surface area (Å²) in [6, 6.07) is 0.